The van der Waals surface area contributed by atoms with Gasteiger partial charge in [-0.2, -0.15) is 5.26 Å². The molecule has 0 spiro atoms. The molecule has 2 unspecified atom stereocenters. The quantitative estimate of drug-likeness (QED) is 0.375. The summed E-state index contributed by atoms with van der Waals surface area (Å²) in [5.41, 5.74) is 7.04. The van der Waals surface area contributed by atoms with E-state index in [-0.39, 0.29) is 18.1 Å². The summed E-state index contributed by atoms with van der Waals surface area (Å²) < 4.78 is 11.0. The number of nitrogens with one attached hydrogen (secondary N) is 2. The number of nitriles is 1. The van der Waals surface area contributed by atoms with E-state index in [4.69, 9.17) is 32.1 Å². The molecule has 2 atom stereocenters. The molecule has 10 heteroatoms. The van der Waals surface area contributed by atoms with Gasteiger partial charge in [0.2, 0.25) is 0 Å². The molecule has 1 amide bonds. The lowest BCUT2D eigenvalue weighted by atomic mass is 10.0. The fraction of sp³-hybridized carbons (Fsp3) is 0.435. The minimum atomic E-state index is -0.276. The second kappa shape index (κ2) is 11.7. The number of methoxy groups -OCH3 is 2. The molecule has 1 aromatic carbocycles. The van der Waals surface area contributed by atoms with Crippen LogP contribution in [0.5, 0.6) is 5.75 Å². The Balaban J connectivity index is 1.51. The van der Waals surface area contributed by atoms with Crippen molar-refractivity contribution >= 4 is 29.0 Å². The van der Waals surface area contributed by atoms with Crippen molar-refractivity contribution in [2.24, 2.45) is 0 Å². The summed E-state index contributed by atoms with van der Waals surface area (Å²) in [4.78, 5) is 19.4. The molecule has 1 saturated heterocycles. The Labute approximate surface area is 198 Å². The van der Waals surface area contributed by atoms with Gasteiger partial charge in [0, 0.05) is 39.0 Å². The molecule has 0 saturated carbocycles. The number of hydrogen-bond acceptors (Lipinski definition) is 8. The average Bonchev–Trinajstić information content (AvgIpc) is 2.84. The number of carbonyl (C=O) groups is 1. The Kier molecular flexibility index (Phi) is 8.72. The number of nitrogens with two attached hydrogens (primary N) is 1. The van der Waals surface area contributed by atoms with Crippen molar-refractivity contribution in [2.75, 3.05) is 51.4 Å². The summed E-state index contributed by atoms with van der Waals surface area (Å²) in [5, 5.41) is 15.7. The first-order chi connectivity index (χ1) is 16.0. The number of nitrogens with zero attached hydrogens (tertiary/aromatic N) is 3. The summed E-state index contributed by atoms with van der Waals surface area (Å²) in [6, 6.07) is 8.56. The van der Waals surface area contributed by atoms with Crippen LogP contribution >= 0.6 is 11.6 Å². The number of halogens is 1. The highest BCUT2D eigenvalue weighted by Crippen LogP contribution is 2.29. The van der Waals surface area contributed by atoms with Crippen LogP contribution in [0.1, 0.15) is 28.8 Å². The maximum Gasteiger partial charge on any atom is 0.255 e. The number of rotatable bonds is 9. The number of piperidine rings is 1. The van der Waals surface area contributed by atoms with Crippen LogP contribution in [0.25, 0.3) is 0 Å². The van der Waals surface area contributed by atoms with Gasteiger partial charge in [-0.25, -0.2) is 4.98 Å². The Morgan fingerprint density at radius 2 is 2.24 bits per heavy atom. The van der Waals surface area contributed by atoms with Crippen molar-refractivity contribution in [1.29, 1.82) is 5.26 Å². The van der Waals surface area contributed by atoms with Gasteiger partial charge in [0.25, 0.3) is 5.91 Å². The highest BCUT2D eigenvalue weighted by molar-refractivity contribution is 6.33. The standard InChI is InChI=1S/C23H29ClN6O3/c1-32-20-12-18(26)17(24)11-16(20)23(31)29-19-6-10-30(14-21(19)33-2)9-4-8-28-22-15(13-25)5-3-7-27-22/h3,5,7,11-12,19,21H,4,6,8-10,14,26H2,1-2H3,(H,27,28)(H,29,31). The van der Waals surface area contributed by atoms with Crippen molar-refractivity contribution < 1.29 is 14.3 Å². The molecule has 1 aliphatic rings. The van der Waals surface area contributed by atoms with E-state index < -0.39 is 0 Å². The van der Waals surface area contributed by atoms with Gasteiger partial charge in [-0.1, -0.05) is 11.6 Å². The number of likely N-dealkylation sites (tertiary alicyclic amines) is 1. The van der Waals surface area contributed by atoms with Gasteiger partial charge in [0.05, 0.1) is 41.1 Å². The molecule has 1 aliphatic heterocycles. The van der Waals surface area contributed by atoms with Gasteiger partial charge in [-0.05, 0) is 37.6 Å². The summed E-state index contributed by atoms with van der Waals surface area (Å²) >= 11 is 6.10. The number of pyridine rings is 1. The average molecular weight is 473 g/mol. The number of aromatic nitrogens is 1. The van der Waals surface area contributed by atoms with E-state index in [1.165, 1.54) is 13.2 Å². The van der Waals surface area contributed by atoms with Crippen LogP contribution in [0, 0.1) is 11.3 Å². The van der Waals surface area contributed by atoms with Crippen LogP contribution in [0.15, 0.2) is 30.5 Å². The highest BCUT2D eigenvalue weighted by atomic mass is 35.5. The third kappa shape index (κ3) is 6.26. The number of amides is 1. The smallest absolute Gasteiger partial charge is 0.255 e. The topological polar surface area (TPSA) is 126 Å². The van der Waals surface area contributed by atoms with Gasteiger partial charge >= 0.3 is 0 Å². The molecule has 2 heterocycles. The van der Waals surface area contributed by atoms with Crippen molar-refractivity contribution in [3.8, 4) is 11.8 Å². The van der Waals surface area contributed by atoms with Crippen molar-refractivity contribution in [2.45, 2.75) is 25.0 Å². The van der Waals surface area contributed by atoms with Gasteiger partial charge in [-0.3, -0.25) is 4.79 Å². The molecule has 33 heavy (non-hydrogen) atoms. The molecule has 1 aromatic heterocycles. The van der Waals surface area contributed by atoms with Crippen LogP contribution in [-0.2, 0) is 4.74 Å². The van der Waals surface area contributed by atoms with Crippen molar-refractivity contribution in [3.05, 3.63) is 46.6 Å². The van der Waals surface area contributed by atoms with E-state index in [1.807, 2.05) is 0 Å². The predicted molar refractivity (Wildman–Crippen MR) is 128 cm³/mol. The molecule has 0 radical (unpaired) electrons. The van der Waals surface area contributed by atoms with Crippen LogP contribution < -0.4 is 21.1 Å². The van der Waals surface area contributed by atoms with Gasteiger partial charge in [0.1, 0.15) is 17.6 Å². The zero-order valence-corrected chi connectivity index (χ0v) is 19.6. The lowest BCUT2D eigenvalue weighted by molar-refractivity contribution is 0.00638. The largest absolute Gasteiger partial charge is 0.496 e. The van der Waals surface area contributed by atoms with E-state index in [0.29, 0.717) is 46.5 Å². The first kappa shape index (κ1) is 24.6. The molecule has 0 aliphatic carbocycles. The lowest BCUT2D eigenvalue weighted by Gasteiger charge is -2.38. The number of benzene rings is 1. The van der Waals surface area contributed by atoms with Crippen molar-refractivity contribution in [1.82, 2.24) is 15.2 Å². The number of hydrogen-bond donors (Lipinski definition) is 3. The summed E-state index contributed by atoms with van der Waals surface area (Å²) in [7, 11) is 3.14. The molecule has 1 fully saturated rings. The van der Waals surface area contributed by atoms with Crippen LogP contribution in [0.2, 0.25) is 5.02 Å². The minimum absolute atomic E-state index is 0.135. The Morgan fingerprint density at radius 1 is 1.42 bits per heavy atom. The SMILES string of the molecule is COc1cc(N)c(Cl)cc1C(=O)NC1CCN(CCCNc2ncccc2C#N)CC1OC. The summed E-state index contributed by atoms with van der Waals surface area (Å²) in [5.74, 6) is 0.706. The number of anilines is 2. The molecule has 2 aromatic rings. The second-order valence-electron chi connectivity index (χ2n) is 7.81. The van der Waals surface area contributed by atoms with Gasteiger partial charge < -0.3 is 30.7 Å². The first-order valence-corrected chi connectivity index (χ1v) is 11.1. The molecule has 3 rings (SSSR count). The normalized spacial score (nSPS) is 18.4. The van der Waals surface area contributed by atoms with E-state index in [2.05, 4.69) is 26.6 Å². The third-order valence-electron chi connectivity index (χ3n) is 5.70. The highest BCUT2D eigenvalue weighted by Gasteiger charge is 2.31. The van der Waals surface area contributed by atoms with E-state index >= 15 is 0 Å². The first-order valence-electron chi connectivity index (χ1n) is 10.7. The minimum Gasteiger partial charge on any atom is -0.496 e. The zero-order valence-electron chi connectivity index (χ0n) is 18.8. The Hall–Kier alpha value is -3.06. The van der Waals surface area contributed by atoms with E-state index in [9.17, 15) is 4.79 Å². The molecular weight excluding hydrogens is 444 g/mol. The fourth-order valence-corrected chi connectivity index (χ4v) is 4.06. The monoisotopic (exact) mass is 472 g/mol. The van der Waals surface area contributed by atoms with Gasteiger partial charge in [0.15, 0.2) is 0 Å². The van der Waals surface area contributed by atoms with Crippen LogP contribution in [0.3, 0.4) is 0 Å². The summed E-state index contributed by atoms with van der Waals surface area (Å²) in [6.07, 6.45) is 3.16. The Bertz CT molecular complexity index is 1010. The van der Waals surface area contributed by atoms with Gasteiger partial charge in [-0.15, -0.1) is 0 Å². The Morgan fingerprint density at radius 3 is 2.97 bits per heavy atom. The fourth-order valence-electron chi connectivity index (χ4n) is 3.89. The third-order valence-corrected chi connectivity index (χ3v) is 6.02. The number of ether oxygens (including phenoxy) is 2. The number of carbonyl (C=O) groups excluding carboxylic acids is 1. The zero-order chi connectivity index (χ0) is 23.8. The van der Waals surface area contributed by atoms with Crippen LogP contribution in [-0.4, -0.2) is 68.3 Å². The molecule has 9 nitrogen and oxygen atoms in total. The second-order valence-corrected chi connectivity index (χ2v) is 8.22. The number of nitrogen functional groups attached to an aromatic ring is 1. The molecule has 0 bridgehead atoms. The predicted octanol–water partition coefficient (Wildman–Crippen LogP) is 2.52. The summed E-state index contributed by atoms with van der Waals surface area (Å²) in [6.45, 7) is 3.10. The molecule has 176 valence electrons. The molecular formula is C23H29ClN6O3. The maximum atomic E-state index is 12.9. The lowest BCUT2D eigenvalue weighted by Crippen LogP contribution is -2.55. The maximum absolute atomic E-state index is 12.9. The van der Waals surface area contributed by atoms with E-state index in [0.717, 1.165) is 25.9 Å². The van der Waals surface area contributed by atoms with Crippen molar-refractivity contribution in [3.63, 3.8) is 0 Å². The van der Waals surface area contributed by atoms with E-state index in [1.54, 1.807) is 31.5 Å². The molecule has 4 N–H and O–H groups in total. The van der Waals surface area contributed by atoms with Crippen LogP contribution in [0.4, 0.5) is 11.5 Å².